The summed E-state index contributed by atoms with van der Waals surface area (Å²) >= 11 is 0. The molecule has 0 radical (unpaired) electrons. The lowest BCUT2D eigenvalue weighted by molar-refractivity contribution is 0.0947. The molecule has 3 N–H and O–H groups in total. The van der Waals surface area contributed by atoms with E-state index in [0.717, 1.165) is 0 Å². The van der Waals surface area contributed by atoms with E-state index in [1.807, 2.05) is 5.43 Å². The fourth-order valence-corrected chi connectivity index (χ4v) is 0.894. The lowest BCUT2D eigenvalue weighted by atomic mass is 10.3. The summed E-state index contributed by atoms with van der Waals surface area (Å²) in [5.74, 6) is 5.24. The van der Waals surface area contributed by atoms with Crippen molar-refractivity contribution in [2.45, 2.75) is 0 Å². The van der Waals surface area contributed by atoms with Gasteiger partial charge in [-0.1, -0.05) is 0 Å². The molecule has 0 saturated heterocycles. The Morgan fingerprint density at radius 2 is 2.14 bits per heavy atom. The van der Waals surface area contributed by atoms with E-state index in [1.54, 1.807) is 6.07 Å². The van der Waals surface area contributed by atoms with Crippen LogP contribution in [0.15, 0.2) is 12.1 Å². The fraction of sp³-hybridized carbons (Fsp3) is 0.250. The van der Waals surface area contributed by atoms with Crippen molar-refractivity contribution in [1.82, 2.24) is 10.4 Å². The smallest absolute Gasteiger partial charge is 0.284 e. The summed E-state index contributed by atoms with van der Waals surface area (Å²) in [6.07, 6.45) is 0. The van der Waals surface area contributed by atoms with Gasteiger partial charge in [-0.25, -0.2) is 10.8 Å². The number of carbonyl (C=O) groups excluding carboxylic acids is 1. The van der Waals surface area contributed by atoms with Crippen molar-refractivity contribution in [3.05, 3.63) is 17.8 Å². The van der Waals surface area contributed by atoms with E-state index in [9.17, 15) is 4.79 Å². The van der Waals surface area contributed by atoms with Crippen molar-refractivity contribution in [3.8, 4) is 11.6 Å². The number of amides is 1. The van der Waals surface area contributed by atoms with Crippen LogP contribution in [0.1, 0.15) is 10.5 Å². The quantitative estimate of drug-likeness (QED) is 0.395. The Bertz CT molecular complexity index is 318. The Hall–Kier alpha value is -1.82. The van der Waals surface area contributed by atoms with Gasteiger partial charge in [-0.2, -0.15) is 0 Å². The van der Waals surface area contributed by atoms with Crippen LogP contribution in [-0.4, -0.2) is 25.1 Å². The molecule has 6 nitrogen and oxygen atoms in total. The van der Waals surface area contributed by atoms with Crippen molar-refractivity contribution < 1.29 is 14.3 Å². The molecule has 14 heavy (non-hydrogen) atoms. The molecular formula is C8H11N3O3. The summed E-state index contributed by atoms with van der Waals surface area (Å²) in [5.41, 5.74) is 2.11. The molecule has 6 heteroatoms. The SMILES string of the molecule is COc1cc(OC)nc(C(=O)NN)c1. The minimum Gasteiger partial charge on any atom is -0.496 e. The first-order valence-corrected chi connectivity index (χ1v) is 3.82. The second-order valence-electron chi connectivity index (χ2n) is 2.41. The van der Waals surface area contributed by atoms with Gasteiger partial charge in [-0.05, 0) is 0 Å². The van der Waals surface area contributed by atoms with Gasteiger partial charge in [0, 0.05) is 12.1 Å². The summed E-state index contributed by atoms with van der Waals surface area (Å²) in [6.45, 7) is 0. The van der Waals surface area contributed by atoms with Gasteiger partial charge in [-0.15, -0.1) is 0 Å². The van der Waals surface area contributed by atoms with Gasteiger partial charge >= 0.3 is 0 Å². The van der Waals surface area contributed by atoms with Gasteiger partial charge in [-0.3, -0.25) is 10.2 Å². The molecule has 1 aromatic rings. The number of rotatable bonds is 3. The molecule has 1 heterocycles. The maximum Gasteiger partial charge on any atom is 0.284 e. The number of nitrogens with one attached hydrogen (secondary N) is 1. The van der Waals surface area contributed by atoms with Gasteiger partial charge in [0.1, 0.15) is 11.4 Å². The maximum absolute atomic E-state index is 11.1. The first-order chi connectivity index (χ1) is 6.71. The van der Waals surface area contributed by atoms with E-state index in [1.165, 1.54) is 20.3 Å². The van der Waals surface area contributed by atoms with E-state index < -0.39 is 5.91 Å². The van der Waals surface area contributed by atoms with E-state index >= 15 is 0 Å². The predicted octanol–water partition coefficient (Wildman–Crippen LogP) is -0.298. The van der Waals surface area contributed by atoms with Crippen LogP contribution in [0.5, 0.6) is 11.6 Å². The average molecular weight is 197 g/mol. The van der Waals surface area contributed by atoms with E-state index in [-0.39, 0.29) is 5.69 Å². The molecule has 0 aromatic carbocycles. The molecule has 0 fully saturated rings. The number of ether oxygens (including phenoxy) is 2. The Labute approximate surface area is 81.0 Å². The van der Waals surface area contributed by atoms with Crippen molar-refractivity contribution in [2.75, 3.05) is 14.2 Å². The van der Waals surface area contributed by atoms with Crippen LogP contribution in [0.2, 0.25) is 0 Å². The topological polar surface area (TPSA) is 86.5 Å². The minimum atomic E-state index is -0.498. The molecule has 76 valence electrons. The molecule has 0 bridgehead atoms. The maximum atomic E-state index is 11.1. The molecule has 0 aliphatic carbocycles. The van der Waals surface area contributed by atoms with Gasteiger partial charge < -0.3 is 9.47 Å². The van der Waals surface area contributed by atoms with Crippen LogP contribution in [0.4, 0.5) is 0 Å². The van der Waals surface area contributed by atoms with Crippen molar-refractivity contribution in [1.29, 1.82) is 0 Å². The third-order valence-corrected chi connectivity index (χ3v) is 1.58. The van der Waals surface area contributed by atoms with Gasteiger partial charge in [0.2, 0.25) is 5.88 Å². The second kappa shape index (κ2) is 4.43. The lowest BCUT2D eigenvalue weighted by Gasteiger charge is -2.05. The third-order valence-electron chi connectivity index (χ3n) is 1.58. The Morgan fingerprint density at radius 3 is 2.64 bits per heavy atom. The number of hydrogen-bond donors (Lipinski definition) is 2. The highest BCUT2D eigenvalue weighted by molar-refractivity contribution is 5.92. The van der Waals surface area contributed by atoms with Crippen LogP contribution in [0.25, 0.3) is 0 Å². The van der Waals surface area contributed by atoms with Gasteiger partial charge in [0.05, 0.1) is 14.2 Å². The van der Waals surface area contributed by atoms with E-state index in [0.29, 0.717) is 11.6 Å². The average Bonchev–Trinajstić information content (AvgIpc) is 2.27. The molecule has 1 rings (SSSR count). The molecule has 1 aromatic heterocycles. The zero-order valence-corrected chi connectivity index (χ0v) is 7.90. The second-order valence-corrected chi connectivity index (χ2v) is 2.41. The third kappa shape index (κ3) is 2.11. The Balaban J connectivity index is 3.10. The largest absolute Gasteiger partial charge is 0.496 e. The monoisotopic (exact) mass is 197 g/mol. The normalized spacial score (nSPS) is 9.36. The standard InChI is InChI=1S/C8H11N3O3/c1-13-5-3-6(8(12)11-9)10-7(4-5)14-2/h3-4H,9H2,1-2H3,(H,11,12). The number of carbonyl (C=O) groups is 1. The summed E-state index contributed by atoms with van der Waals surface area (Å²) in [5, 5.41) is 0. The number of pyridine rings is 1. The van der Waals surface area contributed by atoms with E-state index in [4.69, 9.17) is 15.3 Å². The van der Waals surface area contributed by atoms with Crippen LogP contribution in [-0.2, 0) is 0 Å². The lowest BCUT2D eigenvalue weighted by Crippen LogP contribution is -2.30. The number of nitrogens with two attached hydrogens (primary N) is 1. The molecular weight excluding hydrogens is 186 g/mol. The van der Waals surface area contributed by atoms with Crippen LogP contribution >= 0.6 is 0 Å². The van der Waals surface area contributed by atoms with Crippen molar-refractivity contribution in [3.63, 3.8) is 0 Å². The van der Waals surface area contributed by atoms with Crippen LogP contribution < -0.4 is 20.7 Å². The zero-order valence-electron chi connectivity index (χ0n) is 7.90. The Morgan fingerprint density at radius 1 is 1.43 bits per heavy atom. The highest BCUT2D eigenvalue weighted by atomic mass is 16.5. The van der Waals surface area contributed by atoms with Gasteiger partial charge in [0.15, 0.2) is 0 Å². The summed E-state index contributed by atoms with van der Waals surface area (Å²) in [4.78, 5) is 15.0. The first-order valence-electron chi connectivity index (χ1n) is 3.82. The van der Waals surface area contributed by atoms with Crippen LogP contribution in [0.3, 0.4) is 0 Å². The molecule has 0 atom stereocenters. The number of aromatic nitrogens is 1. The zero-order chi connectivity index (χ0) is 10.6. The molecule has 0 saturated carbocycles. The highest BCUT2D eigenvalue weighted by Crippen LogP contribution is 2.18. The van der Waals surface area contributed by atoms with Crippen molar-refractivity contribution in [2.24, 2.45) is 5.84 Å². The number of hydrogen-bond acceptors (Lipinski definition) is 5. The summed E-state index contributed by atoms with van der Waals surface area (Å²) < 4.78 is 9.83. The first kappa shape index (κ1) is 10.3. The number of nitrogen functional groups attached to an aromatic ring is 1. The molecule has 0 aliphatic rings. The fourth-order valence-electron chi connectivity index (χ4n) is 0.894. The molecule has 1 amide bonds. The van der Waals surface area contributed by atoms with E-state index in [2.05, 4.69) is 4.98 Å². The minimum absolute atomic E-state index is 0.142. The molecule has 0 spiro atoms. The number of methoxy groups -OCH3 is 2. The molecule has 0 unspecified atom stereocenters. The number of hydrazine groups is 1. The van der Waals surface area contributed by atoms with Crippen LogP contribution in [0, 0.1) is 0 Å². The van der Waals surface area contributed by atoms with Gasteiger partial charge in [0.25, 0.3) is 5.91 Å². The predicted molar refractivity (Wildman–Crippen MR) is 49.0 cm³/mol. The highest BCUT2D eigenvalue weighted by Gasteiger charge is 2.09. The Kier molecular flexibility index (Phi) is 3.24. The summed E-state index contributed by atoms with van der Waals surface area (Å²) in [7, 11) is 2.94. The summed E-state index contributed by atoms with van der Waals surface area (Å²) in [6, 6.07) is 3.03. The molecule has 0 aliphatic heterocycles. The number of nitrogens with zero attached hydrogens (tertiary/aromatic N) is 1. The van der Waals surface area contributed by atoms with Crippen molar-refractivity contribution >= 4 is 5.91 Å².